The number of methoxy groups -OCH3 is 1. The summed E-state index contributed by atoms with van der Waals surface area (Å²) >= 11 is 0. The highest BCUT2D eigenvalue weighted by atomic mass is 16.5. The first-order valence-corrected chi connectivity index (χ1v) is 7.62. The van der Waals surface area contributed by atoms with Crippen LogP contribution in [0.2, 0.25) is 0 Å². The SMILES string of the molecule is COc1ccc(C[C@@H](C)NCC(O)c2ccc(O)c(N)c2)cc1. The van der Waals surface area contributed by atoms with Gasteiger partial charge in [-0.2, -0.15) is 0 Å². The van der Waals surface area contributed by atoms with Crippen molar-refractivity contribution in [3.05, 3.63) is 53.6 Å². The molecule has 2 rings (SSSR count). The van der Waals surface area contributed by atoms with Gasteiger partial charge in [0.15, 0.2) is 0 Å². The van der Waals surface area contributed by atoms with Gasteiger partial charge in [0, 0.05) is 12.6 Å². The third-order valence-electron chi connectivity index (χ3n) is 3.80. The third-order valence-corrected chi connectivity index (χ3v) is 3.80. The summed E-state index contributed by atoms with van der Waals surface area (Å²) in [5.41, 5.74) is 7.81. The smallest absolute Gasteiger partial charge is 0.138 e. The van der Waals surface area contributed by atoms with Crippen molar-refractivity contribution >= 4 is 5.69 Å². The number of phenols is 1. The fourth-order valence-corrected chi connectivity index (χ4v) is 2.40. The summed E-state index contributed by atoms with van der Waals surface area (Å²) in [7, 11) is 1.65. The second kappa shape index (κ2) is 7.85. The zero-order valence-electron chi connectivity index (χ0n) is 13.5. The van der Waals surface area contributed by atoms with E-state index in [1.807, 2.05) is 24.3 Å². The predicted molar refractivity (Wildman–Crippen MR) is 91.6 cm³/mol. The molecule has 0 heterocycles. The number of aromatic hydroxyl groups is 1. The molecule has 23 heavy (non-hydrogen) atoms. The fraction of sp³-hybridized carbons (Fsp3) is 0.333. The van der Waals surface area contributed by atoms with Crippen LogP contribution in [-0.2, 0) is 6.42 Å². The Balaban J connectivity index is 1.85. The molecular weight excluding hydrogens is 292 g/mol. The van der Waals surface area contributed by atoms with Crippen LogP contribution in [0.5, 0.6) is 11.5 Å². The van der Waals surface area contributed by atoms with Crippen LogP contribution in [0.25, 0.3) is 0 Å². The normalized spacial score (nSPS) is 13.5. The van der Waals surface area contributed by atoms with E-state index in [0.717, 1.165) is 12.2 Å². The van der Waals surface area contributed by atoms with Crippen molar-refractivity contribution in [2.24, 2.45) is 0 Å². The molecule has 1 unspecified atom stereocenters. The number of rotatable bonds is 7. The monoisotopic (exact) mass is 316 g/mol. The van der Waals surface area contributed by atoms with Crippen molar-refractivity contribution in [1.29, 1.82) is 0 Å². The van der Waals surface area contributed by atoms with Gasteiger partial charge < -0.3 is 26.0 Å². The average Bonchev–Trinajstić information content (AvgIpc) is 2.56. The first-order valence-electron chi connectivity index (χ1n) is 7.62. The van der Waals surface area contributed by atoms with Gasteiger partial charge in [0.25, 0.3) is 0 Å². The molecule has 0 amide bonds. The minimum absolute atomic E-state index is 0.0294. The molecule has 0 radical (unpaired) electrons. The van der Waals surface area contributed by atoms with Gasteiger partial charge in [-0.15, -0.1) is 0 Å². The predicted octanol–water partition coefficient (Wildman–Crippen LogP) is 2.24. The maximum atomic E-state index is 10.2. The number of nitrogens with two attached hydrogens (primary N) is 1. The average molecular weight is 316 g/mol. The summed E-state index contributed by atoms with van der Waals surface area (Å²) in [6, 6.07) is 12.9. The highest BCUT2D eigenvalue weighted by Gasteiger charge is 2.11. The van der Waals surface area contributed by atoms with E-state index in [0.29, 0.717) is 12.1 Å². The minimum Gasteiger partial charge on any atom is -0.506 e. The number of nitrogens with one attached hydrogen (secondary N) is 1. The molecule has 0 aliphatic rings. The topological polar surface area (TPSA) is 87.7 Å². The van der Waals surface area contributed by atoms with Crippen LogP contribution < -0.4 is 15.8 Å². The zero-order chi connectivity index (χ0) is 16.8. The number of ether oxygens (including phenoxy) is 1. The summed E-state index contributed by atoms with van der Waals surface area (Å²) in [4.78, 5) is 0. The lowest BCUT2D eigenvalue weighted by Gasteiger charge is -2.18. The van der Waals surface area contributed by atoms with Crippen LogP contribution in [0.15, 0.2) is 42.5 Å². The minimum atomic E-state index is -0.670. The van der Waals surface area contributed by atoms with Gasteiger partial charge >= 0.3 is 0 Å². The van der Waals surface area contributed by atoms with E-state index in [1.54, 1.807) is 19.2 Å². The summed E-state index contributed by atoms with van der Waals surface area (Å²) in [6.45, 7) is 2.49. The summed E-state index contributed by atoms with van der Waals surface area (Å²) in [6.07, 6.45) is 0.185. The van der Waals surface area contributed by atoms with Crippen LogP contribution in [-0.4, -0.2) is 29.9 Å². The first-order chi connectivity index (χ1) is 11.0. The highest BCUT2D eigenvalue weighted by Crippen LogP contribution is 2.24. The molecule has 0 aromatic heterocycles. The molecule has 5 nitrogen and oxygen atoms in total. The molecule has 124 valence electrons. The third kappa shape index (κ3) is 4.87. The van der Waals surface area contributed by atoms with E-state index in [1.165, 1.54) is 11.6 Å². The highest BCUT2D eigenvalue weighted by molar-refractivity contribution is 5.53. The molecule has 0 saturated heterocycles. The van der Waals surface area contributed by atoms with Crippen molar-refractivity contribution < 1.29 is 14.9 Å². The zero-order valence-corrected chi connectivity index (χ0v) is 13.5. The van der Waals surface area contributed by atoms with Gasteiger partial charge in [0.1, 0.15) is 11.5 Å². The number of anilines is 1. The van der Waals surface area contributed by atoms with Crippen LogP contribution in [0.4, 0.5) is 5.69 Å². The first kappa shape index (κ1) is 17.1. The van der Waals surface area contributed by atoms with E-state index >= 15 is 0 Å². The van der Waals surface area contributed by atoms with Crippen molar-refractivity contribution in [3.8, 4) is 11.5 Å². The number of hydrogen-bond donors (Lipinski definition) is 4. The summed E-state index contributed by atoms with van der Waals surface area (Å²) in [5, 5.41) is 22.9. The van der Waals surface area contributed by atoms with E-state index in [9.17, 15) is 10.2 Å². The van der Waals surface area contributed by atoms with Crippen molar-refractivity contribution in [2.45, 2.75) is 25.5 Å². The number of nitrogen functional groups attached to an aromatic ring is 1. The van der Waals surface area contributed by atoms with E-state index < -0.39 is 6.10 Å². The van der Waals surface area contributed by atoms with Crippen LogP contribution in [0.3, 0.4) is 0 Å². The molecule has 2 atom stereocenters. The van der Waals surface area contributed by atoms with Crippen molar-refractivity contribution in [1.82, 2.24) is 5.32 Å². The van der Waals surface area contributed by atoms with Crippen molar-refractivity contribution in [2.75, 3.05) is 19.4 Å². The fourth-order valence-electron chi connectivity index (χ4n) is 2.40. The van der Waals surface area contributed by atoms with Gasteiger partial charge in [-0.05, 0) is 48.7 Å². The van der Waals surface area contributed by atoms with E-state index in [4.69, 9.17) is 10.5 Å². The molecule has 0 bridgehead atoms. The van der Waals surface area contributed by atoms with Crippen LogP contribution >= 0.6 is 0 Å². The molecule has 5 N–H and O–H groups in total. The maximum Gasteiger partial charge on any atom is 0.138 e. The van der Waals surface area contributed by atoms with E-state index in [-0.39, 0.29) is 17.5 Å². The Bertz CT molecular complexity index is 629. The van der Waals surface area contributed by atoms with Gasteiger partial charge in [0.2, 0.25) is 0 Å². The molecule has 0 spiro atoms. The molecule has 0 aliphatic heterocycles. The number of aliphatic hydroxyl groups excluding tert-OH is 1. The second-order valence-corrected chi connectivity index (χ2v) is 5.70. The Labute approximate surface area is 136 Å². The lowest BCUT2D eigenvalue weighted by Crippen LogP contribution is -2.32. The standard InChI is InChI=1S/C18H24N2O3/c1-12(9-13-3-6-15(23-2)7-4-13)20-11-18(22)14-5-8-17(21)16(19)10-14/h3-8,10,12,18,20-22H,9,11,19H2,1-2H3/t12-,18?/m1/s1. The van der Waals surface area contributed by atoms with Crippen LogP contribution in [0, 0.1) is 0 Å². The number of benzene rings is 2. The van der Waals surface area contributed by atoms with Gasteiger partial charge in [0.05, 0.1) is 18.9 Å². The largest absolute Gasteiger partial charge is 0.506 e. The number of phenolic OH excluding ortho intramolecular Hbond substituents is 1. The van der Waals surface area contributed by atoms with Crippen molar-refractivity contribution in [3.63, 3.8) is 0 Å². The molecule has 5 heteroatoms. The van der Waals surface area contributed by atoms with E-state index in [2.05, 4.69) is 12.2 Å². The Kier molecular flexibility index (Phi) is 5.84. The molecule has 0 saturated carbocycles. The molecular formula is C18H24N2O3. The van der Waals surface area contributed by atoms with Gasteiger partial charge in [-0.25, -0.2) is 0 Å². The second-order valence-electron chi connectivity index (χ2n) is 5.70. The lowest BCUT2D eigenvalue weighted by atomic mass is 10.1. The Morgan fingerprint density at radius 3 is 2.48 bits per heavy atom. The van der Waals surface area contributed by atoms with Gasteiger partial charge in [-0.1, -0.05) is 18.2 Å². The molecule has 0 aliphatic carbocycles. The number of aliphatic hydroxyl groups is 1. The summed E-state index contributed by atoms with van der Waals surface area (Å²) < 4.78 is 5.14. The number of hydrogen-bond acceptors (Lipinski definition) is 5. The lowest BCUT2D eigenvalue weighted by molar-refractivity contribution is 0.170. The maximum absolute atomic E-state index is 10.2. The summed E-state index contributed by atoms with van der Waals surface area (Å²) in [5.74, 6) is 0.872. The Morgan fingerprint density at radius 1 is 1.17 bits per heavy atom. The molecule has 2 aromatic carbocycles. The van der Waals surface area contributed by atoms with Crippen LogP contribution in [0.1, 0.15) is 24.2 Å². The van der Waals surface area contributed by atoms with Gasteiger partial charge in [-0.3, -0.25) is 0 Å². The molecule has 0 fully saturated rings. The Hall–Kier alpha value is -2.24. The Morgan fingerprint density at radius 2 is 1.87 bits per heavy atom. The quantitative estimate of drug-likeness (QED) is 0.465. The molecule has 2 aromatic rings.